The number of alkyl halides is 8. The van der Waals surface area contributed by atoms with Gasteiger partial charge in [-0.2, -0.15) is 35.1 Å². The summed E-state index contributed by atoms with van der Waals surface area (Å²) in [4.78, 5) is 0. The maximum atomic E-state index is 12.2. The molecule has 0 atom stereocenters. The smallest absolute Gasteiger partial charge is 0.199 e. The van der Waals surface area contributed by atoms with E-state index < -0.39 is 36.5 Å². The summed E-state index contributed by atoms with van der Waals surface area (Å²) in [5, 5.41) is 0. The average Bonchev–Trinajstić information content (AvgIpc) is 1.78. The van der Waals surface area contributed by atoms with Gasteiger partial charge in [0.15, 0.2) is 0 Å². The molecule has 0 aromatic heterocycles. The van der Waals surface area contributed by atoms with Crippen LogP contribution in [0, 0.1) is 12.8 Å². The van der Waals surface area contributed by atoms with Crippen LogP contribution >= 0.6 is 0 Å². The molecule has 8 heteroatoms. The van der Waals surface area contributed by atoms with E-state index in [0.29, 0.717) is 0 Å². The molecular weight excluding hydrogens is 224 g/mol. The van der Waals surface area contributed by atoms with Gasteiger partial charge in [-0.05, 0) is 0 Å². The first-order chi connectivity index (χ1) is 5.91. The third-order valence-corrected chi connectivity index (χ3v) is 1.61. The van der Waals surface area contributed by atoms with Crippen molar-refractivity contribution in [1.82, 2.24) is 0 Å². The zero-order chi connectivity index (χ0) is 11.4. The quantitative estimate of drug-likeness (QED) is 0.557. The van der Waals surface area contributed by atoms with Crippen LogP contribution < -0.4 is 0 Å². The number of hydrogen-bond donors (Lipinski definition) is 0. The normalized spacial score (nSPS) is 32.6. The molecule has 14 heavy (non-hydrogen) atoms. The fraction of sp³-hybridized carbons (Fsp3) is 0.667. The second-order valence-electron chi connectivity index (χ2n) is 2.78. The lowest BCUT2D eigenvalue weighted by molar-refractivity contribution is -0.278. The third kappa shape index (κ3) is 1.44. The molecule has 0 N–H and O–H groups in total. The van der Waals surface area contributed by atoms with Crippen LogP contribution in [0.3, 0.4) is 0 Å². The van der Waals surface area contributed by atoms with Crippen molar-refractivity contribution in [2.75, 3.05) is 0 Å². The van der Waals surface area contributed by atoms with Crippen LogP contribution in [0.1, 0.15) is 0 Å². The summed E-state index contributed by atoms with van der Waals surface area (Å²) >= 11 is 0. The Bertz CT molecular complexity index is 192. The van der Waals surface area contributed by atoms with E-state index in [4.69, 9.17) is 0 Å². The van der Waals surface area contributed by atoms with Gasteiger partial charge in [0.2, 0.25) is 0 Å². The zero-order valence-corrected chi connectivity index (χ0v) is 6.18. The molecule has 0 aromatic carbocycles. The maximum absolute atomic E-state index is 12.2. The fourth-order valence-corrected chi connectivity index (χ4v) is 0.840. The van der Waals surface area contributed by atoms with E-state index in [9.17, 15) is 35.1 Å². The summed E-state index contributed by atoms with van der Waals surface area (Å²) in [7, 11) is 0. The van der Waals surface area contributed by atoms with Gasteiger partial charge in [0.05, 0.1) is 0 Å². The van der Waals surface area contributed by atoms with Crippen LogP contribution in [0.25, 0.3) is 0 Å². The molecule has 0 amide bonds. The predicted octanol–water partition coefficient (Wildman–Crippen LogP) is 2.95. The molecule has 0 heterocycles. The second-order valence-corrected chi connectivity index (χ2v) is 2.78. The van der Waals surface area contributed by atoms with Gasteiger partial charge in [0, 0.05) is 0 Å². The molecule has 82 valence electrons. The molecule has 1 aliphatic rings. The lowest BCUT2D eigenvalue weighted by Gasteiger charge is -2.39. The van der Waals surface area contributed by atoms with Crippen LogP contribution in [-0.4, -0.2) is 23.7 Å². The van der Waals surface area contributed by atoms with Gasteiger partial charge in [0.1, 0.15) is 12.8 Å². The van der Waals surface area contributed by atoms with Gasteiger partial charge < -0.3 is 0 Å². The minimum atomic E-state index is -5.28. The van der Waals surface area contributed by atoms with Crippen molar-refractivity contribution in [3.63, 3.8) is 0 Å². The number of halogens is 8. The summed E-state index contributed by atoms with van der Waals surface area (Å²) in [6, 6.07) is 0. The highest BCUT2D eigenvalue weighted by Crippen LogP contribution is 2.56. The third-order valence-electron chi connectivity index (χ3n) is 1.61. The van der Waals surface area contributed by atoms with E-state index >= 15 is 0 Å². The van der Waals surface area contributed by atoms with Crippen molar-refractivity contribution < 1.29 is 35.1 Å². The highest BCUT2D eigenvalue weighted by atomic mass is 19.3. The Labute approximate surface area is 72.9 Å². The average molecular weight is 226 g/mol. The lowest BCUT2D eigenvalue weighted by atomic mass is 9.86. The second kappa shape index (κ2) is 2.52. The van der Waals surface area contributed by atoms with Gasteiger partial charge in [-0.3, -0.25) is 0 Å². The zero-order valence-electron chi connectivity index (χ0n) is 6.18. The minimum Gasteiger partial charge on any atom is -0.199 e. The molecule has 0 bridgehead atoms. The van der Waals surface area contributed by atoms with Crippen molar-refractivity contribution in [3.8, 4) is 0 Å². The molecule has 2 radical (unpaired) electrons. The van der Waals surface area contributed by atoms with E-state index in [-0.39, 0.29) is 0 Å². The number of hydrogen-bond acceptors (Lipinski definition) is 0. The topological polar surface area (TPSA) is 0 Å². The Kier molecular flexibility index (Phi) is 2.07. The maximum Gasteiger partial charge on any atom is 0.320 e. The fourth-order valence-electron chi connectivity index (χ4n) is 0.840. The Morgan fingerprint density at radius 1 is 0.429 bits per heavy atom. The Morgan fingerprint density at radius 3 is 0.714 bits per heavy atom. The van der Waals surface area contributed by atoms with E-state index in [1.165, 1.54) is 0 Å². The Morgan fingerprint density at radius 2 is 0.571 bits per heavy atom. The van der Waals surface area contributed by atoms with Crippen LogP contribution in [0.4, 0.5) is 35.1 Å². The monoisotopic (exact) mass is 226 g/mol. The van der Waals surface area contributed by atoms with Crippen molar-refractivity contribution in [3.05, 3.63) is 12.8 Å². The van der Waals surface area contributed by atoms with Crippen LogP contribution in [0.15, 0.2) is 0 Å². The molecule has 0 spiro atoms. The molecule has 0 aliphatic heterocycles. The van der Waals surface area contributed by atoms with Gasteiger partial charge >= 0.3 is 23.7 Å². The van der Waals surface area contributed by atoms with Crippen LogP contribution in [0.2, 0.25) is 0 Å². The standard InChI is InChI=1S/C6H2F8/c7-3(8)1-4(9,10)6(13,14)2-5(3,11)12/h1-2H. The molecule has 0 aromatic rings. The molecule has 0 nitrogen and oxygen atoms in total. The van der Waals surface area contributed by atoms with E-state index in [1.807, 2.05) is 0 Å². The van der Waals surface area contributed by atoms with Gasteiger partial charge in [-0.15, -0.1) is 0 Å². The lowest BCUT2D eigenvalue weighted by Crippen LogP contribution is -2.61. The molecule has 1 aliphatic carbocycles. The highest BCUT2D eigenvalue weighted by Gasteiger charge is 2.76. The summed E-state index contributed by atoms with van der Waals surface area (Å²) in [5.74, 6) is -21.1. The molecule has 1 fully saturated rings. The predicted molar refractivity (Wildman–Crippen MR) is 28.4 cm³/mol. The summed E-state index contributed by atoms with van der Waals surface area (Å²) in [5.41, 5.74) is 0. The first-order valence-corrected chi connectivity index (χ1v) is 3.17. The minimum absolute atomic E-state index is 1.62. The molecular formula is C6H2F8. The van der Waals surface area contributed by atoms with Crippen LogP contribution in [0.5, 0.6) is 0 Å². The van der Waals surface area contributed by atoms with E-state index in [2.05, 4.69) is 0 Å². The van der Waals surface area contributed by atoms with Gasteiger partial charge in [0.25, 0.3) is 0 Å². The van der Waals surface area contributed by atoms with Crippen molar-refractivity contribution in [2.45, 2.75) is 23.7 Å². The summed E-state index contributed by atoms with van der Waals surface area (Å²) in [6.45, 7) is 0. The van der Waals surface area contributed by atoms with Gasteiger partial charge in [-0.1, -0.05) is 0 Å². The first-order valence-electron chi connectivity index (χ1n) is 3.17. The summed E-state index contributed by atoms with van der Waals surface area (Å²) < 4.78 is 97.4. The SMILES string of the molecule is FC1(F)[CH]C(F)(F)C(F)(F)[CH]C1(F)F. The molecule has 0 unspecified atom stereocenters. The van der Waals surface area contributed by atoms with Crippen molar-refractivity contribution in [2.24, 2.45) is 0 Å². The Balaban J connectivity index is 3.07. The van der Waals surface area contributed by atoms with E-state index in [1.54, 1.807) is 0 Å². The van der Waals surface area contributed by atoms with Crippen molar-refractivity contribution >= 4 is 0 Å². The summed E-state index contributed by atoms with van der Waals surface area (Å²) in [6.07, 6.45) is -3.25. The molecule has 0 saturated heterocycles. The van der Waals surface area contributed by atoms with Crippen LogP contribution in [-0.2, 0) is 0 Å². The van der Waals surface area contributed by atoms with Gasteiger partial charge in [-0.25, -0.2) is 0 Å². The largest absolute Gasteiger partial charge is 0.320 e. The van der Waals surface area contributed by atoms with Crippen molar-refractivity contribution in [1.29, 1.82) is 0 Å². The first kappa shape index (κ1) is 11.5. The Hall–Kier alpha value is -0.560. The van der Waals surface area contributed by atoms with E-state index in [0.717, 1.165) is 0 Å². The molecule has 1 saturated carbocycles. The molecule has 1 rings (SSSR count). The number of rotatable bonds is 0. The highest BCUT2D eigenvalue weighted by molar-refractivity contribution is 5.23.